The molecule has 0 radical (unpaired) electrons. The fraction of sp³-hybridized carbons (Fsp3) is 0.114. The third-order valence-electron chi connectivity index (χ3n) is 15.7. The topological polar surface area (TPSA) is 341 Å². The second-order valence-corrected chi connectivity index (χ2v) is 23.5. The van der Waals surface area contributed by atoms with E-state index in [0.29, 0.717) is 90.9 Å². The lowest BCUT2D eigenvalue weighted by molar-refractivity contribution is 0.102. The number of carbonyl (C=O) groups excluding carboxylic acids is 2. The lowest BCUT2D eigenvalue weighted by Crippen LogP contribution is -2.09. The molecule has 16 rings (SSSR count). The van der Waals surface area contributed by atoms with Crippen LogP contribution < -0.4 is 21.3 Å². The number of aryl methyl sites for hydroxylation is 4. The lowest BCUT2D eigenvalue weighted by Gasteiger charge is -2.13. The molecular weight excluding hydrogens is 1500 g/mol. The molecule has 0 fully saturated rings. The number of halogens is 5. The molecule has 8 aromatic carbocycles. The Balaban J connectivity index is 0.000000164. The van der Waals surface area contributed by atoms with Crippen LogP contribution in [0.1, 0.15) is 112 Å². The number of para-hydroxylation sites is 4. The summed E-state index contributed by atoms with van der Waals surface area (Å²) in [6.45, 7) is 7.58. The molecule has 0 saturated heterocycles. The molecule has 29 heteroatoms. The number of nitrogens with one attached hydrogen (secondary N) is 8. The Hall–Kier alpha value is -13.1. The number of aromatic amines is 4. The van der Waals surface area contributed by atoms with Crippen LogP contribution in [0.4, 0.5) is 64.1 Å². The molecule has 16 aromatic rings. The smallest absolute Gasteiger partial charge is 0.230 e. The van der Waals surface area contributed by atoms with Crippen molar-refractivity contribution in [1.29, 1.82) is 0 Å². The molecule has 108 heavy (non-hydrogen) atoms. The van der Waals surface area contributed by atoms with Crippen LogP contribution in [0.2, 0.25) is 0 Å². The molecule has 548 valence electrons. The number of ketones is 2. The van der Waals surface area contributed by atoms with E-state index in [0.717, 1.165) is 44.3 Å². The summed E-state index contributed by atoms with van der Waals surface area (Å²) in [4.78, 5) is 60.8. The maximum atomic E-state index is 13.1. The van der Waals surface area contributed by atoms with Crippen molar-refractivity contribution in [3.05, 3.63) is 310 Å². The molecular formula is C79H73F4IN20O4. The molecule has 8 heterocycles. The third kappa shape index (κ3) is 19.0. The molecule has 10 N–H and O–H groups in total. The van der Waals surface area contributed by atoms with Gasteiger partial charge in [0.2, 0.25) is 23.2 Å². The minimum absolute atomic E-state index is 0. The summed E-state index contributed by atoms with van der Waals surface area (Å²) < 4.78 is 52.5. The van der Waals surface area contributed by atoms with E-state index in [1.165, 1.54) is 97.1 Å². The predicted molar refractivity (Wildman–Crippen MR) is 421 cm³/mol. The number of aliphatic hydroxyl groups excluding tert-OH is 2. The standard InChI is InChI=1S/2C19H16FN5O.2C19H14FN5O.3CH4.HI/c4*1-11-10-16(25-24-11)22-18-14-4-2-3-5-15(14)21-19(23-18)17(26)12-6-8-13(20)9-7-12;;;;/h2*2-10,17,26H,1H3,(H2,21,22,23,24,25);2*2-10H,1H3,(H2,21,22,23,24,25);3*1H4;1H/t2*17-;;;;;;/m10....../s1. The van der Waals surface area contributed by atoms with Gasteiger partial charge in [-0.2, -0.15) is 20.4 Å². The van der Waals surface area contributed by atoms with Crippen LogP contribution >= 0.6 is 24.0 Å². The SMILES string of the molecule is C.C.C.Cc1cc(Nc2nc(C(=O)c3ccc(F)cc3)nc3ccccc23)n[nH]1.Cc1cc(Nc2nc(C(=O)c3ccc(F)cc3)nc3ccccc23)n[nH]1.Cc1cc(Nc2nc([C@@H](O)c3ccc(F)cc3)nc3ccccc23)n[nH]1.Cc1cc(Nc2nc([C@H](O)c3ccc(F)cc3)nc3ccccc23)n[nH]1.I. The van der Waals surface area contributed by atoms with Gasteiger partial charge in [-0.1, -0.05) is 95.1 Å². The van der Waals surface area contributed by atoms with Gasteiger partial charge in [0.1, 0.15) is 58.7 Å². The van der Waals surface area contributed by atoms with Gasteiger partial charge >= 0.3 is 0 Å². The van der Waals surface area contributed by atoms with E-state index in [-0.39, 0.29) is 92.8 Å². The first kappa shape index (κ1) is 79.0. The average Bonchev–Trinajstić information content (AvgIpc) is 0.976. The lowest BCUT2D eigenvalue weighted by atomic mass is 10.1. The fourth-order valence-electron chi connectivity index (χ4n) is 10.6. The highest BCUT2D eigenvalue weighted by molar-refractivity contribution is 14.0. The maximum absolute atomic E-state index is 13.1. The van der Waals surface area contributed by atoms with Crippen LogP contribution in [0.5, 0.6) is 0 Å². The Morgan fingerprint density at radius 2 is 0.574 bits per heavy atom. The number of aromatic nitrogens is 16. The summed E-state index contributed by atoms with van der Waals surface area (Å²) in [7, 11) is 0. The van der Waals surface area contributed by atoms with Crippen molar-refractivity contribution in [2.45, 2.75) is 62.2 Å². The van der Waals surface area contributed by atoms with E-state index in [4.69, 9.17) is 0 Å². The van der Waals surface area contributed by atoms with E-state index in [2.05, 4.69) is 102 Å². The number of aliphatic hydroxyl groups is 2. The summed E-state index contributed by atoms with van der Waals surface area (Å²) in [6.07, 6.45) is -2.14. The zero-order chi connectivity index (χ0) is 72.4. The van der Waals surface area contributed by atoms with Gasteiger partial charge in [0, 0.05) is 79.7 Å². The highest BCUT2D eigenvalue weighted by Gasteiger charge is 2.22. The number of fused-ring (bicyclic) bond motifs is 4. The number of nitrogens with zero attached hydrogens (tertiary/aromatic N) is 12. The molecule has 0 spiro atoms. The van der Waals surface area contributed by atoms with Crippen molar-refractivity contribution in [2.75, 3.05) is 21.3 Å². The summed E-state index contributed by atoms with van der Waals surface area (Å²) in [6, 6.07) is 59.0. The quantitative estimate of drug-likeness (QED) is 0.0244. The molecule has 0 aliphatic rings. The first-order chi connectivity index (χ1) is 50.4. The Kier molecular flexibility index (Phi) is 26.0. The van der Waals surface area contributed by atoms with Crippen molar-refractivity contribution in [2.24, 2.45) is 0 Å². The second-order valence-electron chi connectivity index (χ2n) is 23.5. The van der Waals surface area contributed by atoms with Crippen LogP contribution in [-0.4, -0.2) is 102 Å². The third-order valence-corrected chi connectivity index (χ3v) is 15.7. The van der Waals surface area contributed by atoms with Crippen molar-refractivity contribution in [3.63, 3.8) is 0 Å². The molecule has 0 saturated carbocycles. The van der Waals surface area contributed by atoms with Gasteiger partial charge in [-0.05, 0) is 160 Å². The van der Waals surface area contributed by atoms with Crippen LogP contribution in [-0.2, 0) is 0 Å². The zero-order valence-corrected chi connectivity index (χ0v) is 58.3. The predicted octanol–water partition coefficient (Wildman–Crippen LogP) is 17.3. The number of hydrogen-bond donors (Lipinski definition) is 10. The van der Waals surface area contributed by atoms with Crippen LogP contribution in [0.3, 0.4) is 0 Å². The number of rotatable bonds is 16. The summed E-state index contributed by atoms with van der Waals surface area (Å²) in [5.74, 6) is 2.68. The highest BCUT2D eigenvalue weighted by Crippen LogP contribution is 2.32. The van der Waals surface area contributed by atoms with Crippen LogP contribution in [0.25, 0.3) is 43.6 Å². The molecule has 0 bridgehead atoms. The van der Waals surface area contributed by atoms with E-state index < -0.39 is 23.8 Å². The Morgan fingerprint density at radius 3 is 0.833 bits per heavy atom. The molecule has 0 aliphatic heterocycles. The first-order valence-electron chi connectivity index (χ1n) is 32.1. The Morgan fingerprint density at radius 1 is 0.333 bits per heavy atom. The van der Waals surface area contributed by atoms with Gasteiger partial charge in [-0.15, -0.1) is 24.0 Å². The van der Waals surface area contributed by atoms with Crippen molar-refractivity contribution in [1.82, 2.24) is 80.7 Å². The van der Waals surface area contributed by atoms with Crippen molar-refractivity contribution < 1.29 is 37.4 Å². The maximum Gasteiger partial charge on any atom is 0.230 e. The Bertz CT molecular complexity index is 5400. The number of anilines is 8. The van der Waals surface area contributed by atoms with Gasteiger partial charge < -0.3 is 31.5 Å². The number of carbonyl (C=O) groups is 2. The summed E-state index contributed by atoms with van der Waals surface area (Å²) in [5.41, 5.74) is 7.93. The summed E-state index contributed by atoms with van der Waals surface area (Å²) in [5, 5.41) is 65.0. The largest absolute Gasteiger partial charge is 0.380 e. The second kappa shape index (κ2) is 35.6. The van der Waals surface area contributed by atoms with E-state index in [1.807, 2.05) is 137 Å². The van der Waals surface area contributed by atoms with Gasteiger partial charge in [0.15, 0.2) is 34.9 Å². The van der Waals surface area contributed by atoms with E-state index >= 15 is 0 Å². The normalized spacial score (nSPS) is 11.1. The molecule has 8 aromatic heterocycles. The van der Waals surface area contributed by atoms with Gasteiger partial charge in [-0.3, -0.25) is 30.0 Å². The molecule has 0 amide bonds. The van der Waals surface area contributed by atoms with Crippen molar-refractivity contribution >= 4 is 126 Å². The fourth-order valence-corrected chi connectivity index (χ4v) is 10.6. The average molecular weight is 1570 g/mol. The minimum atomic E-state index is -1.07. The van der Waals surface area contributed by atoms with E-state index in [1.54, 1.807) is 12.1 Å². The number of H-pyrrole nitrogens is 4. The Labute approximate surface area is 633 Å². The van der Waals surface area contributed by atoms with Gasteiger partial charge in [0.05, 0.1) is 22.1 Å². The van der Waals surface area contributed by atoms with Crippen molar-refractivity contribution in [3.8, 4) is 0 Å². The van der Waals surface area contributed by atoms with Crippen LogP contribution in [0.15, 0.2) is 218 Å². The zero-order valence-electron chi connectivity index (χ0n) is 55.9. The minimum Gasteiger partial charge on any atom is -0.380 e. The van der Waals surface area contributed by atoms with Gasteiger partial charge in [-0.25, -0.2) is 57.4 Å². The van der Waals surface area contributed by atoms with E-state index in [9.17, 15) is 37.4 Å². The summed E-state index contributed by atoms with van der Waals surface area (Å²) >= 11 is 0. The molecule has 0 unspecified atom stereocenters. The molecule has 2 atom stereocenters. The molecule has 0 aliphatic carbocycles. The number of hydrogen-bond acceptors (Lipinski definition) is 20. The molecule has 24 nitrogen and oxygen atoms in total. The number of benzene rings is 8. The monoisotopic (exact) mass is 1570 g/mol. The highest BCUT2D eigenvalue weighted by atomic mass is 127. The first-order valence-corrected chi connectivity index (χ1v) is 32.1. The van der Waals surface area contributed by atoms with Crippen LogP contribution in [0, 0.1) is 51.0 Å². The van der Waals surface area contributed by atoms with Gasteiger partial charge in [0.25, 0.3) is 0 Å².